The average Bonchev–Trinajstić information content (AvgIpc) is 2.57. The normalized spacial score (nSPS) is 19.0. The van der Waals surface area contributed by atoms with Gasteiger partial charge in [0.25, 0.3) is 6.04 Å². The van der Waals surface area contributed by atoms with Gasteiger partial charge in [0.15, 0.2) is 12.4 Å². The number of esters is 2. The van der Waals surface area contributed by atoms with E-state index in [1.165, 1.54) is 0 Å². The maximum atomic E-state index is 11.1. The molecule has 0 aromatic carbocycles. The molecule has 9 heteroatoms. The van der Waals surface area contributed by atoms with Crippen molar-refractivity contribution in [2.75, 3.05) is 0 Å². The summed E-state index contributed by atoms with van der Waals surface area (Å²) in [6.07, 6.45) is 3.61. The van der Waals surface area contributed by atoms with Gasteiger partial charge in [0, 0.05) is 12.1 Å². The fourth-order valence-electron chi connectivity index (χ4n) is 1.31. The van der Waals surface area contributed by atoms with Crippen LogP contribution in [-0.4, -0.2) is 11.9 Å². The number of carbonyl (C=O) groups is 2. The van der Waals surface area contributed by atoms with Crippen LogP contribution in [0.4, 0.5) is 0 Å². The van der Waals surface area contributed by atoms with Crippen LogP contribution in [0, 0.1) is 10.2 Å². The molecule has 2 rings (SSSR count). The summed E-state index contributed by atoms with van der Waals surface area (Å²) in [5.41, 5.74) is 0. The first-order valence-electron chi connectivity index (χ1n) is 4.59. The van der Waals surface area contributed by atoms with Crippen molar-refractivity contribution in [2.24, 2.45) is 0 Å². The molecule has 1 fully saturated rings. The van der Waals surface area contributed by atoms with Crippen LogP contribution in [0.25, 0.3) is 0 Å². The zero-order chi connectivity index (χ0) is 13.8. The largest absolute Gasteiger partial charge is 0.388 e. The van der Waals surface area contributed by atoms with E-state index in [0.29, 0.717) is 0 Å². The highest BCUT2D eigenvalue weighted by atomic mass is 35.7. The fraction of sp³-hybridized carbons (Fsp3) is 0.222. The summed E-state index contributed by atoms with van der Waals surface area (Å²) in [5.74, 6) is -0.924. The van der Waals surface area contributed by atoms with E-state index in [-0.39, 0.29) is 6.42 Å². The smallest absolute Gasteiger partial charge is 0.384 e. The number of hydrogen-bond donors (Lipinski definition) is 0. The Morgan fingerprint density at radius 3 is 2.00 bits per heavy atom. The quantitative estimate of drug-likeness (QED) is 0.285. The molecular formula is C9H8ClNO7. The van der Waals surface area contributed by atoms with Crippen molar-refractivity contribution in [2.45, 2.75) is 12.5 Å². The minimum Gasteiger partial charge on any atom is -0.388 e. The molecule has 0 amide bonds. The van der Waals surface area contributed by atoms with Crippen molar-refractivity contribution < 1.29 is 47.8 Å². The predicted octanol–water partition coefficient (Wildman–Crippen LogP) is -4.77. The molecule has 98 valence electrons. The standard InChI is InChI=1S/C9H8NO3.ClHO4/c11-8-6-7(9(12)13-8)10-4-2-1-3-5-10;2-1(3,4)5/h1-5,7H,6H2;(H,2,3,4,5)/q+1;/p-1. The zero-order valence-corrected chi connectivity index (χ0v) is 9.61. The summed E-state index contributed by atoms with van der Waals surface area (Å²) in [6, 6.07) is 4.97. The minimum atomic E-state index is -4.94. The molecule has 0 aliphatic carbocycles. The van der Waals surface area contributed by atoms with Crippen LogP contribution in [0.1, 0.15) is 12.5 Å². The Labute approximate surface area is 103 Å². The molecule has 1 aromatic heterocycles. The third-order valence-corrected chi connectivity index (χ3v) is 1.95. The third-order valence-electron chi connectivity index (χ3n) is 1.95. The van der Waals surface area contributed by atoms with Crippen molar-refractivity contribution in [1.29, 1.82) is 0 Å². The lowest BCUT2D eigenvalue weighted by Crippen LogP contribution is -2.68. The second-order valence-electron chi connectivity index (χ2n) is 3.21. The molecule has 0 N–H and O–H groups in total. The van der Waals surface area contributed by atoms with E-state index >= 15 is 0 Å². The number of halogens is 1. The molecule has 1 atom stereocenters. The third kappa shape index (κ3) is 5.17. The van der Waals surface area contributed by atoms with Crippen molar-refractivity contribution >= 4 is 11.9 Å². The van der Waals surface area contributed by atoms with E-state index in [9.17, 15) is 9.59 Å². The molecule has 18 heavy (non-hydrogen) atoms. The Morgan fingerprint density at radius 2 is 1.61 bits per heavy atom. The van der Waals surface area contributed by atoms with E-state index in [1.807, 2.05) is 6.07 Å². The molecule has 1 aliphatic rings. The average molecular weight is 278 g/mol. The van der Waals surface area contributed by atoms with E-state index < -0.39 is 28.2 Å². The minimum absolute atomic E-state index is 0.132. The number of cyclic esters (lactones) is 2. The SMILES string of the molecule is O=C1CC([n+]2ccccc2)C(=O)O1.[O-][Cl+3]([O-])([O-])[O-]. The van der Waals surface area contributed by atoms with Crippen molar-refractivity contribution in [1.82, 2.24) is 0 Å². The lowest BCUT2D eigenvalue weighted by atomic mass is 10.2. The lowest BCUT2D eigenvalue weighted by Gasteiger charge is -2.17. The highest BCUT2D eigenvalue weighted by Crippen LogP contribution is 2.14. The molecule has 1 unspecified atom stereocenters. The van der Waals surface area contributed by atoms with Crippen molar-refractivity contribution in [3.63, 3.8) is 0 Å². The lowest BCUT2D eigenvalue weighted by molar-refractivity contribution is -2.00. The number of aromatic nitrogens is 1. The number of hydrogen-bond acceptors (Lipinski definition) is 7. The molecule has 8 nitrogen and oxygen atoms in total. The van der Waals surface area contributed by atoms with Crippen LogP contribution >= 0.6 is 0 Å². The fourth-order valence-corrected chi connectivity index (χ4v) is 1.31. The second kappa shape index (κ2) is 5.85. The van der Waals surface area contributed by atoms with E-state index in [0.717, 1.165) is 0 Å². The van der Waals surface area contributed by atoms with Gasteiger partial charge in [-0.25, -0.2) is 23.4 Å². The molecule has 1 aromatic rings. The molecule has 0 bridgehead atoms. The van der Waals surface area contributed by atoms with Crippen LogP contribution in [-0.2, 0) is 14.3 Å². The van der Waals surface area contributed by atoms with Gasteiger partial charge >= 0.3 is 11.9 Å². The van der Waals surface area contributed by atoms with E-state index in [1.54, 1.807) is 29.1 Å². The van der Waals surface area contributed by atoms with Crippen molar-refractivity contribution in [3.05, 3.63) is 30.6 Å². The summed E-state index contributed by atoms with van der Waals surface area (Å²) >= 11 is 0. The van der Waals surface area contributed by atoms with Gasteiger partial charge in [-0.2, -0.15) is 4.57 Å². The van der Waals surface area contributed by atoms with Crippen LogP contribution in [0.5, 0.6) is 0 Å². The summed E-state index contributed by atoms with van der Waals surface area (Å²) < 4.78 is 40.1. The van der Waals surface area contributed by atoms with Crippen LogP contribution in [0.15, 0.2) is 30.6 Å². The van der Waals surface area contributed by atoms with Gasteiger partial charge in [-0.15, -0.1) is 10.2 Å². The monoisotopic (exact) mass is 277 g/mol. The zero-order valence-electron chi connectivity index (χ0n) is 8.85. The molecule has 0 saturated carbocycles. The topological polar surface area (TPSA) is 139 Å². The molecule has 0 radical (unpaired) electrons. The van der Waals surface area contributed by atoms with Gasteiger partial charge in [-0.1, -0.05) is 6.07 Å². The maximum Gasteiger partial charge on any atom is 0.384 e. The first kappa shape index (κ1) is 14.5. The Morgan fingerprint density at radius 1 is 1.11 bits per heavy atom. The Hall–Kier alpha value is -1.58. The van der Waals surface area contributed by atoms with Crippen LogP contribution in [0.3, 0.4) is 0 Å². The second-order valence-corrected chi connectivity index (χ2v) is 3.97. The first-order valence-corrected chi connectivity index (χ1v) is 5.83. The Bertz CT molecular complexity index is 424. The maximum absolute atomic E-state index is 11.1. The number of rotatable bonds is 1. The molecule has 0 spiro atoms. The summed E-state index contributed by atoms with van der Waals surface area (Å²) in [6.45, 7) is 0. The molecular weight excluding hydrogens is 270 g/mol. The predicted molar refractivity (Wildman–Crippen MR) is 41.4 cm³/mol. The summed E-state index contributed by atoms with van der Waals surface area (Å²) in [4.78, 5) is 21.9. The molecule has 1 saturated heterocycles. The summed E-state index contributed by atoms with van der Waals surface area (Å²) in [7, 11) is -4.94. The van der Waals surface area contributed by atoms with Gasteiger partial charge < -0.3 is 4.74 Å². The van der Waals surface area contributed by atoms with Gasteiger partial charge in [0.1, 0.15) is 6.42 Å². The van der Waals surface area contributed by atoms with Gasteiger partial charge in [0.05, 0.1) is 0 Å². The van der Waals surface area contributed by atoms with Crippen LogP contribution < -0.4 is 23.2 Å². The van der Waals surface area contributed by atoms with Crippen molar-refractivity contribution in [3.8, 4) is 0 Å². The Kier molecular flexibility index (Phi) is 4.70. The van der Waals surface area contributed by atoms with E-state index in [2.05, 4.69) is 4.74 Å². The number of ether oxygens (including phenoxy) is 1. The van der Waals surface area contributed by atoms with Gasteiger partial charge in [0.2, 0.25) is 0 Å². The number of nitrogens with zero attached hydrogens (tertiary/aromatic N) is 1. The Balaban J connectivity index is 0.000000280. The van der Waals surface area contributed by atoms with Crippen LogP contribution in [0.2, 0.25) is 0 Å². The van der Waals surface area contributed by atoms with E-state index in [4.69, 9.17) is 18.6 Å². The van der Waals surface area contributed by atoms with Gasteiger partial charge in [-0.05, 0) is 0 Å². The highest BCUT2D eigenvalue weighted by molar-refractivity contribution is 5.94. The molecule has 2 heterocycles. The van der Waals surface area contributed by atoms with Gasteiger partial charge in [-0.3, -0.25) is 4.79 Å². The molecule has 1 aliphatic heterocycles. The first-order chi connectivity index (χ1) is 8.27. The number of carbonyl (C=O) groups excluding carboxylic acids is 2. The highest BCUT2D eigenvalue weighted by Gasteiger charge is 2.40. The summed E-state index contributed by atoms with van der Waals surface area (Å²) in [5, 5.41) is 0. The number of pyridine rings is 1.